The molecule has 0 fully saturated rings. The lowest BCUT2D eigenvalue weighted by molar-refractivity contribution is 0.0950. The minimum Gasteiger partial charge on any atom is -0.455 e. The van der Waals surface area contributed by atoms with Gasteiger partial charge in [-0.1, -0.05) is 29.8 Å². The molecule has 0 atom stereocenters. The third-order valence-corrected chi connectivity index (χ3v) is 3.75. The molecule has 2 aromatic heterocycles. The average Bonchev–Trinajstić information content (AvgIpc) is 3.07. The van der Waals surface area contributed by atoms with E-state index in [1.165, 1.54) is 6.21 Å². The Labute approximate surface area is 144 Å². The molecule has 24 heavy (non-hydrogen) atoms. The van der Waals surface area contributed by atoms with Crippen molar-refractivity contribution in [1.82, 2.24) is 10.4 Å². The van der Waals surface area contributed by atoms with Gasteiger partial charge in [0.25, 0.3) is 5.91 Å². The van der Waals surface area contributed by atoms with Crippen molar-refractivity contribution in [2.24, 2.45) is 5.10 Å². The number of hydrazone groups is 1. The van der Waals surface area contributed by atoms with Gasteiger partial charge in [0.15, 0.2) is 0 Å². The summed E-state index contributed by atoms with van der Waals surface area (Å²) < 4.78 is 5.68. The molecule has 0 saturated heterocycles. The van der Waals surface area contributed by atoms with E-state index >= 15 is 0 Å². The number of rotatable bonds is 4. The van der Waals surface area contributed by atoms with Gasteiger partial charge >= 0.3 is 0 Å². The van der Waals surface area contributed by atoms with Crippen molar-refractivity contribution in [1.29, 1.82) is 0 Å². The number of halogens is 1. The van der Waals surface area contributed by atoms with Gasteiger partial charge in [-0.05, 0) is 42.8 Å². The van der Waals surface area contributed by atoms with Crippen LogP contribution in [0.4, 0.5) is 0 Å². The summed E-state index contributed by atoms with van der Waals surface area (Å²) in [5, 5.41) is 4.55. The Hall–Kier alpha value is -2.92. The molecule has 0 unspecified atom stereocenters. The molecule has 1 aromatic carbocycles. The van der Waals surface area contributed by atoms with Crippen LogP contribution in [0.15, 0.2) is 64.2 Å². The molecule has 0 aliphatic carbocycles. The van der Waals surface area contributed by atoms with E-state index in [0.29, 0.717) is 22.2 Å². The number of carbonyl (C=O) groups excluding carboxylic acids is 1. The number of hydrogen-bond donors (Lipinski definition) is 1. The molecule has 0 spiro atoms. The van der Waals surface area contributed by atoms with Crippen LogP contribution in [0.25, 0.3) is 11.3 Å². The van der Waals surface area contributed by atoms with Crippen LogP contribution in [0, 0.1) is 6.92 Å². The first-order valence-corrected chi connectivity index (χ1v) is 7.62. The number of carbonyl (C=O) groups is 1. The zero-order valence-electron chi connectivity index (χ0n) is 12.9. The molecule has 0 bridgehead atoms. The summed E-state index contributed by atoms with van der Waals surface area (Å²) >= 11 is 6.13. The van der Waals surface area contributed by atoms with E-state index in [-0.39, 0.29) is 5.91 Å². The summed E-state index contributed by atoms with van der Waals surface area (Å²) in [6.07, 6.45) is 2.98. The fraction of sp³-hybridized carbons (Fsp3) is 0.0556. The lowest BCUT2D eigenvalue weighted by atomic mass is 10.1. The molecular weight excluding hydrogens is 326 g/mol. The molecule has 3 aromatic rings. The van der Waals surface area contributed by atoms with E-state index < -0.39 is 0 Å². The molecule has 1 amide bonds. The monoisotopic (exact) mass is 339 g/mol. The maximum absolute atomic E-state index is 11.8. The number of benzene rings is 1. The summed E-state index contributed by atoms with van der Waals surface area (Å²) in [6.45, 7) is 1.94. The molecule has 1 N–H and O–H groups in total. The summed E-state index contributed by atoms with van der Waals surface area (Å²) in [5.74, 6) is 0.807. The van der Waals surface area contributed by atoms with Gasteiger partial charge in [-0.15, -0.1) is 0 Å². The van der Waals surface area contributed by atoms with Crippen molar-refractivity contribution in [2.75, 3.05) is 0 Å². The second kappa shape index (κ2) is 7.10. The van der Waals surface area contributed by atoms with Crippen LogP contribution >= 0.6 is 11.6 Å². The Morgan fingerprint density at radius 1 is 1.25 bits per heavy atom. The fourth-order valence-corrected chi connectivity index (χ4v) is 2.21. The smallest absolute Gasteiger partial charge is 0.289 e. The van der Waals surface area contributed by atoms with E-state index in [9.17, 15) is 4.79 Å². The third kappa shape index (κ3) is 3.70. The number of pyridine rings is 1. The quantitative estimate of drug-likeness (QED) is 0.575. The zero-order chi connectivity index (χ0) is 16.9. The highest BCUT2D eigenvalue weighted by molar-refractivity contribution is 6.31. The number of nitrogens with zero attached hydrogens (tertiary/aromatic N) is 2. The van der Waals surface area contributed by atoms with Crippen LogP contribution in [0.5, 0.6) is 0 Å². The van der Waals surface area contributed by atoms with Gasteiger partial charge in [0.2, 0.25) is 0 Å². The number of aryl methyl sites for hydroxylation is 1. The van der Waals surface area contributed by atoms with Crippen molar-refractivity contribution in [3.05, 3.63) is 76.8 Å². The van der Waals surface area contributed by atoms with E-state index in [4.69, 9.17) is 16.0 Å². The number of furan rings is 1. The molecule has 0 aliphatic heterocycles. The van der Waals surface area contributed by atoms with Gasteiger partial charge in [0.05, 0.1) is 6.21 Å². The molecule has 0 radical (unpaired) electrons. The highest BCUT2D eigenvalue weighted by Crippen LogP contribution is 2.26. The van der Waals surface area contributed by atoms with Gasteiger partial charge in [-0.2, -0.15) is 5.10 Å². The first-order valence-electron chi connectivity index (χ1n) is 7.24. The largest absolute Gasteiger partial charge is 0.455 e. The molecule has 5 nitrogen and oxygen atoms in total. The summed E-state index contributed by atoms with van der Waals surface area (Å²) in [5.41, 5.74) is 4.58. The van der Waals surface area contributed by atoms with Crippen molar-refractivity contribution in [3.8, 4) is 11.3 Å². The zero-order valence-corrected chi connectivity index (χ0v) is 13.6. The predicted molar refractivity (Wildman–Crippen MR) is 93.2 cm³/mol. The minimum atomic E-state index is -0.385. The van der Waals surface area contributed by atoms with Gasteiger partial charge in [-0.3, -0.25) is 9.78 Å². The van der Waals surface area contributed by atoms with Crippen LogP contribution < -0.4 is 5.43 Å². The first kappa shape index (κ1) is 16.0. The van der Waals surface area contributed by atoms with Crippen molar-refractivity contribution < 1.29 is 9.21 Å². The summed E-state index contributed by atoms with van der Waals surface area (Å²) in [4.78, 5) is 15.7. The van der Waals surface area contributed by atoms with Crippen molar-refractivity contribution >= 4 is 23.7 Å². The first-order chi connectivity index (χ1) is 11.6. The lowest BCUT2D eigenvalue weighted by Crippen LogP contribution is -2.18. The average molecular weight is 340 g/mol. The number of hydrogen-bond acceptors (Lipinski definition) is 4. The van der Waals surface area contributed by atoms with Crippen LogP contribution in [0.2, 0.25) is 5.02 Å². The van der Waals surface area contributed by atoms with E-state index in [1.807, 2.05) is 31.2 Å². The van der Waals surface area contributed by atoms with Gasteiger partial charge < -0.3 is 4.42 Å². The molecule has 3 rings (SSSR count). The van der Waals surface area contributed by atoms with E-state index in [2.05, 4.69) is 15.5 Å². The predicted octanol–water partition coefficient (Wildman–Crippen LogP) is 4.07. The summed E-state index contributed by atoms with van der Waals surface area (Å²) in [6, 6.07) is 14.4. The lowest BCUT2D eigenvalue weighted by Gasteiger charge is -2.00. The second-order valence-corrected chi connectivity index (χ2v) is 5.49. The Balaban J connectivity index is 1.67. The SMILES string of the molecule is Cc1ccc(-c2ccc(/C=N/NC(=O)c3ccccn3)o2)cc1Cl. The molecular formula is C18H14ClN3O2. The van der Waals surface area contributed by atoms with Gasteiger partial charge in [-0.25, -0.2) is 5.43 Å². The highest BCUT2D eigenvalue weighted by Gasteiger charge is 2.06. The maximum Gasteiger partial charge on any atom is 0.289 e. The Kier molecular flexibility index (Phi) is 4.72. The maximum atomic E-state index is 11.8. The summed E-state index contributed by atoms with van der Waals surface area (Å²) in [7, 11) is 0. The molecule has 120 valence electrons. The Bertz CT molecular complexity index is 888. The number of nitrogens with one attached hydrogen (secondary N) is 1. The van der Waals surface area contributed by atoms with E-state index in [1.54, 1.807) is 30.5 Å². The second-order valence-electron chi connectivity index (χ2n) is 5.08. The van der Waals surface area contributed by atoms with Crippen molar-refractivity contribution in [2.45, 2.75) is 6.92 Å². The van der Waals surface area contributed by atoms with Crippen LogP contribution in [0.3, 0.4) is 0 Å². The Morgan fingerprint density at radius 2 is 2.12 bits per heavy atom. The van der Waals surface area contributed by atoms with Crippen LogP contribution in [-0.4, -0.2) is 17.1 Å². The number of aromatic nitrogens is 1. The van der Waals surface area contributed by atoms with E-state index in [0.717, 1.165) is 11.1 Å². The molecule has 2 heterocycles. The topological polar surface area (TPSA) is 67.5 Å². The third-order valence-electron chi connectivity index (χ3n) is 3.34. The van der Waals surface area contributed by atoms with Crippen LogP contribution in [-0.2, 0) is 0 Å². The Morgan fingerprint density at radius 3 is 2.88 bits per heavy atom. The molecule has 6 heteroatoms. The van der Waals surface area contributed by atoms with Crippen molar-refractivity contribution in [3.63, 3.8) is 0 Å². The normalized spacial score (nSPS) is 10.9. The minimum absolute atomic E-state index is 0.295. The standard InChI is InChI=1S/C18H14ClN3O2/c1-12-5-6-13(10-15(12)19)17-8-7-14(24-17)11-21-22-18(23)16-4-2-3-9-20-16/h2-11H,1H3,(H,22,23)/b21-11+. The van der Waals surface area contributed by atoms with Gasteiger partial charge in [0, 0.05) is 16.8 Å². The fourth-order valence-electron chi connectivity index (χ4n) is 2.03. The van der Waals surface area contributed by atoms with Crippen LogP contribution in [0.1, 0.15) is 21.8 Å². The van der Waals surface area contributed by atoms with Gasteiger partial charge in [0.1, 0.15) is 17.2 Å². The molecule has 0 aliphatic rings. The molecule has 0 saturated carbocycles. The highest BCUT2D eigenvalue weighted by atomic mass is 35.5. The number of amides is 1.